The van der Waals surface area contributed by atoms with Crippen molar-refractivity contribution in [1.82, 2.24) is 0 Å². The molecular weight excluding hydrogens is 326 g/mol. The number of hydrogen-bond donors (Lipinski definition) is 2. The van der Waals surface area contributed by atoms with E-state index in [0.717, 1.165) is 18.4 Å². The molecule has 6 heteroatoms. The third-order valence-corrected chi connectivity index (χ3v) is 6.70. The van der Waals surface area contributed by atoms with Crippen molar-refractivity contribution in [2.45, 2.75) is 49.5 Å². The van der Waals surface area contributed by atoms with Gasteiger partial charge in [0.05, 0.1) is 11.8 Å². The van der Waals surface area contributed by atoms with Gasteiger partial charge in [0, 0.05) is 27.5 Å². The van der Waals surface area contributed by atoms with Crippen LogP contribution in [0.25, 0.3) is 0 Å². The van der Waals surface area contributed by atoms with Crippen LogP contribution in [0.15, 0.2) is 24.3 Å². The summed E-state index contributed by atoms with van der Waals surface area (Å²) in [5, 5.41) is 12.0. The Morgan fingerprint density at radius 1 is 1.17 bits per heavy atom. The number of carboxylic acids is 1. The molecule has 24 heavy (non-hydrogen) atoms. The van der Waals surface area contributed by atoms with Crippen LogP contribution in [-0.2, 0) is 26.1 Å². The smallest absolute Gasteiger partial charge is 0.307 e. The highest BCUT2D eigenvalue weighted by molar-refractivity contribution is 7.84. The molecule has 0 bridgehead atoms. The molecule has 1 aromatic rings. The van der Waals surface area contributed by atoms with Gasteiger partial charge in [-0.3, -0.25) is 13.8 Å². The topological polar surface area (TPSA) is 83.5 Å². The Kier molecular flexibility index (Phi) is 5.33. The fourth-order valence-electron chi connectivity index (χ4n) is 3.34. The van der Waals surface area contributed by atoms with Gasteiger partial charge >= 0.3 is 5.97 Å². The van der Waals surface area contributed by atoms with E-state index in [2.05, 4.69) is 5.32 Å². The Morgan fingerprint density at radius 2 is 1.92 bits per heavy atom. The van der Waals surface area contributed by atoms with Crippen LogP contribution < -0.4 is 5.32 Å². The van der Waals surface area contributed by atoms with E-state index in [4.69, 9.17) is 5.11 Å². The first-order valence-corrected chi connectivity index (χ1v) is 9.92. The maximum atomic E-state index is 12.5. The van der Waals surface area contributed by atoms with Crippen molar-refractivity contribution in [3.8, 4) is 0 Å². The maximum absolute atomic E-state index is 12.5. The first-order valence-electron chi connectivity index (χ1n) is 8.54. The van der Waals surface area contributed by atoms with E-state index in [1.54, 1.807) is 6.07 Å². The quantitative estimate of drug-likeness (QED) is 0.827. The monoisotopic (exact) mass is 349 g/mol. The van der Waals surface area contributed by atoms with Crippen molar-refractivity contribution >= 4 is 28.4 Å². The second kappa shape index (κ2) is 7.47. The number of nitrogens with one attached hydrogen (secondary N) is 1. The van der Waals surface area contributed by atoms with E-state index in [-0.39, 0.29) is 5.91 Å². The van der Waals surface area contributed by atoms with Gasteiger partial charge in [-0.05, 0) is 37.0 Å². The standard InChI is InChI=1S/C18H23NO4S/c20-17(15-10-16(15)18(21)22)19-13-6-4-5-12(9-13)11-24(23)14-7-2-1-3-8-14/h4-6,9,14-16H,1-3,7-8,10-11H2,(H,19,20)(H,21,22)/t15-,16-,24-/m1/s1. The van der Waals surface area contributed by atoms with Crippen LogP contribution in [0, 0.1) is 11.8 Å². The van der Waals surface area contributed by atoms with Gasteiger partial charge in [-0.2, -0.15) is 0 Å². The fraction of sp³-hybridized carbons (Fsp3) is 0.556. The number of benzene rings is 1. The van der Waals surface area contributed by atoms with Crippen LogP contribution in [0.5, 0.6) is 0 Å². The van der Waals surface area contributed by atoms with Crippen molar-refractivity contribution < 1.29 is 18.9 Å². The summed E-state index contributed by atoms with van der Waals surface area (Å²) in [6, 6.07) is 7.39. The van der Waals surface area contributed by atoms with E-state index >= 15 is 0 Å². The predicted molar refractivity (Wildman–Crippen MR) is 93.0 cm³/mol. The molecule has 0 spiro atoms. The van der Waals surface area contributed by atoms with Crippen LogP contribution >= 0.6 is 0 Å². The summed E-state index contributed by atoms with van der Waals surface area (Å²) in [5.74, 6) is -1.62. The van der Waals surface area contributed by atoms with E-state index in [1.807, 2.05) is 18.2 Å². The first kappa shape index (κ1) is 17.1. The van der Waals surface area contributed by atoms with Gasteiger partial charge in [-0.15, -0.1) is 0 Å². The molecule has 2 N–H and O–H groups in total. The summed E-state index contributed by atoms with van der Waals surface area (Å²) in [6.45, 7) is 0. The van der Waals surface area contributed by atoms with Crippen LogP contribution in [0.2, 0.25) is 0 Å². The van der Waals surface area contributed by atoms with Gasteiger partial charge in [-0.25, -0.2) is 0 Å². The van der Waals surface area contributed by atoms with Gasteiger partial charge in [-0.1, -0.05) is 31.4 Å². The summed E-state index contributed by atoms with van der Waals surface area (Å²) in [6.07, 6.45) is 6.07. The lowest BCUT2D eigenvalue weighted by Crippen LogP contribution is -2.20. The molecule has 0 radical (unpaired) electrons. The van der Waals surface area contributed by atoms with E-state index < -0.39 is 28.6 Å². The third-order valence-electron chi connectivity index (χ3n) is 4.87. The molecule has 1 aromatic carbocycles. The van der Waals surface area contributed by atoms with Crippen LogP contribution in [0.3, 0.4) is 0 Å². The molecule has 0 aromatic heterocycles. The number of amides is 1. The normalized spacial score (nSPS) is 25.0. The Labute approximate surface area is 144 Å². The molecule has 5 nitrogen and oxygen atoms in total. The molecule has 2 saturated carbocycles. The molecule has 0 unspecified atom stereocenters. The lowest BCUT2D eigenvalue weighted by atomic mass is 10.0. The highest BCUT2D eigenvalue weighted by Gasteiger charge is 2.48. The largest absolute Gasteiger partial charge is 0.481 e. The minimum atomic E-state index is -0.910. The van der Waals surface area contributed by atoms with E-state index in [0.29, 0.717) is 23.1 Å². The zero-order chi connectivity index (χ0) is 17.1. The summed E-state index contributed by atoms with van der Waals surface area (Å²) in [4.78, 5) is 22.9. The Bertz CT molecular complexity index is 654. The third kappa shape index (κ3) is 4.23. The van der Waals surface area contributed by atoms with Crippen molar-refractivity contribution in [2.75, 3.05) is 5.32 Å². The second-order valence-electron chi connectivity index (χ2n) is 6.76. The number of hydrogen-bond acceptors (Lipinski definition) is 3. The number of carbonyl (C=O) groups is 2. The van der Waals surface area contributed by atoms with E-state index in [1.165, 1.54) is 19.3 Å². The Balaban J connectivity index is 1.57. The van der Waals surface area contributed by atoms with Gasteiger partial charge in [0.2, 0.25) is 5.91 Å². The highest BCUT2D eigenvalue weighted by Crippen LogP contribution is 2.39. The van der Waals surface area contributed by atoms with Crippen LogP contribution in [0.4, 0.5) is 5.69 Å². The molecule has 130 valence electrons. The first-order chi connectivity index (χ1) is 11.5. The molecule has 3 atom stereocenters. The fourth-order valence-corrected chi connectivity index (χ4v) is 4.94. The summed E-state index contributed by atoms with van der Waals surface area (Å²) in [5.41, 5.74) is 1.59. The highest BCUT2D eigenvalue weighted by atomic mass is 32.2. The Hall–Kier alpha value is -1.69. The van der Waals surface area contributed by atoms with Gasteiger partial charge in [0.15, 0.2) is 0 Å². The van der Waals surface area contributed by atoms with Gasteiger partial charge in [0.1, 0.15) is 0 Å². The second-order valence-corrected chi connectivity index (χ2v) is 8.48. The van der Waals surface area contributed by atoms with Gasteiger partial charge < -0.3 is 10.4 Å². The molecular formula is C18H23NO4S. The average Bonchev–Trinajstić information content (AvgIpc) is 3.37. The molecule has 0 saturated heterocycles. The lowest BCUT2D eigenvalue weighted by molar-refractivity contribution is -0.139. The van der Waals surface area contributed by atoms with Crippen LogP contribution in [-0.4, -0.2) is 26.4 Å². The molecule has 2 aliphatic carbocycles. The SMILES string of the molecule is O=C(O)[C@@H]1C[C@H]1C(=O)Nc1cccc(C[S@@](=O)C2CCCCC2)c1. The zero-order valence-electron chi connectivity index (χ0n) is 13.6. The number of carboxylic acid groups (broad SMARTS) is 1. The predicted octanol–water partition coefficient (Wildman–Crippen LogP) is 2.93. The van der Waals surface area contributed by atoms with Crippen molar-refractivity contribution in [3.05, 3.63) is 29.8 Å². The summed E-state index contributed by atoms with van der Waals surface area (Å²) in [7, 11) is -0.877. The molecule has 0 aliphatic heterocycles. The number of carbonyl (C=O) groups excluding carboxylic acids is 1. The van der Waals surface area contributed by atoms with Crippen LogP contribution in [0.1, 0.15) is 44.1 Å². The minimum Gasteiger partial charge on any atom is -0.481 e. The summed E-state index contributed by atoms with van der Waals surface area (Å²) < 4.78 is 12.5. The summed E-state index contributed by atoms with van der Waals surface area (Å²) >= 11 is 0. The van der Waals surface area contributed by atoms with Crippen molar-refractivity contribution in [3.63, 3.8) is 0 Å². The lowest BCUT2D eigenvalue weighted by Gasteiger charge is -2.21. The zero-order valence-corrected chi connectivity index (χ0v) is 14.4. The number of rotatable bonds is 6. The Morgan fingerprint density at radius 3 is 2.58 bits per heavy atom. The molecule has 0 heterocycles. The van der Waals surface area contributed by atoms with Gasteiger partial charge in [0.25, 0.3) is 0 Å². The maximum Gasteiger partial charge on any atom is 0.307 e. The molecule has 2 fully saturated rings. The number of aliphatic carboxylic acids is 1. The molecule has 2 aliphatic rings. The molecule has 1 amide bonds. The number of anilines is 1. The molecule has 3 rings (SSSR count). The van der Waals surface area contributed by atoms with Crippen molar-refractivity contribution in [1.29, 1.82) is 0 Å². The van der Waals surface area contributed by atoms with Crippen molar-refractivity contribution in [2.24, 2.45) is 11.8 Å². The van der Waals surface area contributed by atoms with E-state index in [9.17, 15) is 13.8 Å². The minimum absolute atomic E-state index is 0.243. The average molecular weight is 349 g/mol.